The zero-order chi connectivity index (χ0) is 16.3. The maximum atomic E-state index is 12.3. The molecule has 0 atom stereocenters. The van der Waals surface area contributed by atoms with E-state index in [2.05, 4.69) is 4.72 Å². The van der Waals surface area contributed by atoms with Gasteiger partial charge in [0.1, 0.15) is 0 Å². The first-order valence-corrected chi connectivity index (χ1v) is 8.22. The number of nitrogens with zero attached hydrogens (tertiary/aromatic N) is 1. The van der Waals surface area contributed by atoms with Crippen LogP contribution in [-0.4, -0.2) is 21.4 Å². The molecule has 2 aromatic rings. The normalized spacial score (nSPS) is 11.0. The summed E-state index contributed by atoms with van der Waals surface area (Å²) in [5, 5.41) is 0. The van der Waals surface area contributed by atoms with E-state index in [9.17, 15) is 13.2 Å². The lowest BCUT2D eigenvalue weighted by atomic mass is 10.2. The standard InChI is InChI=1S/C16H18N2O3S/c1-12-4-6-14(7-5-12)17-22(20,21)16-10-8-15(9-11-16)18(3)13(2)19/h4-11,17H,1-3H3. The third-order valence-electron chi connectivity index (χ3n) is 3.31. The minimum Gasteiger partial charge on any atom is -0.316 e. The van der Waals surface area contributed by atoms with E-state index in [4.69, 9.17) is 0 Å². The van der Waals surface area contributed by atoms with Crippen molar-refractivity contribution < 1.29 is 13.2 Å². The van der Waals surface area contributed by atoms with Crippen LogP contribution in [-0.2, 0) is 14.8 Å². The van der Waals surface area contributed by atoms with Gasteiger partial charge in [0.2, 0.25) is 5.91 Å². The lowest BCUT2D eigenvalue weighted by Crippen LogP contribution is -2.22. The first-order chi connectivity index (χ1) is 10.3. The average Bonchev–Trinajstić information content (AvgIpc) is 2.48. The zero-order valence-corrected chi connectivity index (χ0v) is 13.5. The molecule has 0 spiro atoms. The Balaban J connectivity index is 2.22. The summed E-state index contributed by atoms with van der Waals surface area (Å²) in [6, 6.07) is 13.3. The quantitative estimate of drug-likeness (QED) is 0.942. The summed E-state index contributed by atoms with van der Waals surface area (Å²) in [7, 11) is -2.01. The Bertz CT molecular complexity index is 766. The van der Waals surface area contributed by atoms with Crippen molar-refractivity contribution in [2.24, 2.45) is 0 Å². The fourth-order valence-corrected chi connectivity index (χ4v) is 2.93. The number of nitrogens with one attached hydrogen (secondary N) is 1. The summed E-state index contributed by atoms with van der Waals surface area (Å²) in [5.74, 6) is -0.117. The van der Waals surface area contributed by atoms with Crippen molar-refractivity contribution in [3.63, 3.8) is 0 Å². The number of carbonyl (C=O) groups is 1. The summed E-state index contributed by atoms with van der Waals surface area (Å²) < 4.78 is 27.1. The second-order valence-electron chi connectivity index (χ2n) is 5.04. The Hall–Kier alpha value is -2.34. The van der Waals surface area contributed by atoms with Crippen LogP contribution in [0, 0.1) is 6.92 Å². The highest BCUT2D eigenvalue weighted by Crippen LogP contribution is 2.20. The molecule has 0 bridgehead atoms. The average molecular weight is 318 g/mol. The van der Waals surface area contributed by atoms with E-state index in [1.807, 2.05) is 19.1 Å². The first-order valence-electron chi connectivity index (χ1n) is 6.73. The number of sulfonamides is 1. The van der Waals surface area contributed by atoms with Gasteiger partial charge in [0.25, 0.3) is 10.0 Å². The molecule has 0 aliphatic heterocycles. The lowest BCUT2D eigenvalue weighted by Gasteiger charge is -2.15. The van der Waals surface area contributed by atoms with Crippen LogP contribution < -0.4 is 9.62 Å². The van der Waals surface area contributed by atoms with E-state index in [1.165, 1.54) is 24.0 Å². The maximum Gasteiger partial charge on any atom is 0.261 e. The molecular formula is C16H18N2O3S. The minimum atomic E-state index is -3.64. The smallest absolute Gasteiger partial charge is 0.261 e. The van der Waals surface area contributed by atoms with Gasteiger partial charge in [-0.1, -0.05) is 17.7 Å². The molecule has 1 amide bonds. The van der Waals surface area contributed by atoms with Crippen molar-refractivity contribution in [2.75, 3.05) is 16.7 Å². The monoisotopic (exact) mass is 318 g/mol. The number of aryl methyl sites for hydroxylation is 1. The molecule has 0 aromatic heterocycles. The van der Waals surface area contributed by atoms with Gasteiger partial charge in [0, 0.05) is 25.3 Å². The van der Waals surface area contributed by atoms with Crippen molar-refractivity contribution in [1.82, 2.24) is 0 Å². The number of amides is 1. The maximum absolute atomic E-state index is 12.3. The molecule has 0 heterocycles. The van der Waals surface area contributed by atoms with Crippen LogP contribution in [0.1, 0.15) is 12.5 Å². The molecule has 0 aliphatic rings. The second-order valence-corrected chi connectivity index (χ2v) is 6.73. The van der Waals surface area contributed by atoms with E-state index < -0.39 is 10.0 Å². The number of hydrogen-bond acceptors (Lipinski definition) is 3. The Morgan fingerprint density at radius 2 is 1.55 bits per heavy atom. The van der Waals surface area contributed by atoms with Crippen molar-refractivity contribution in [3.8, 4) is 0 Å². The molecule has 0 radical (unpaired) electrons. The molecule has 2 rings (SSSR count). The highest BCUT2D eigenvalue weighted by Gasteiger charge is 2.15. The van der Waals surface area contributed by atoms with Crippen LogP contribution in [0.25, 0.3) is 0 Å². The highest BCUT2D eigenvalue weighted by atomic mass is 32.2. The van der Waals surface area contributed by atoms with Crippen LogP contribution in [0.5, 0.6) is 0 Å². The van der Waals surface area contributed by atoms with Gasteiger partial charge in [0.05, 0.1) is 4.90 Å². The van der Waals surface area contributed by atoms with E-state index in [0.29, 0.717) is 11.4 Å². The van der Waals surface area contributed by atoms with E-state index in [1.54, 1.807) is 31.3 Å². The Labute approximate surface area is 130 Å². The minimum absolute atomic E-state index is 0.117. The van der Waals surface area contributed by atoms with Crippen LogP contribution in [0.15, 0.2) is 53.4 Å². The molecule has 0 saturated carbocycles. The number of rotatable bonds is 4. The van der Waals surface area contributed by atoms with Crippen LogP contribution >= 0.6 is 0 Å². The molecule has 0 unspecified atom stereocenters. The third kappa shape index (κ3) is 3.65. The second kappa shape index (κ2) is 6.19. The molecule has 22 heavy (non-hydrogen) atoms. The molecule has 1 N–H and O–H groups in total. The van der Waals surface area contributed by atoms with Crippen molar-refractivity contribution in [2.45, 2.75) is 18.7 Å². The number of benzene rings is 2. The van der Waals surface area contributed by atoms with E-state index >= 15 is 0 Å². The summed E-state index contributed by atoms with van der Waals surface area (Å²) >= 11 is 0. The zero-order valence-electron chi connectivity index (χ0n) is 12.7. The van der Waals surface area contributed by atoms with Crippen LogP contribution in [0.3, 0.4) is 0 Å². The van der Waals surface area contributed by atoms with Crippen LogP contribution in [0.4, 0.5) is 11.4 Å². The van der Waals surface area contributed by atoms with Crippen molar-refractivity contribution >= 4 is 27.3 Å². The van der Waals surface area contributed by atoms with Gasteiger partial charge in [-0.3, -0.25) is 9.52 Å². The first kappa shape index (κ1) is 16.0. The highest BCUT2D eigenvalue weighted by molar-refractivity contribution is 7.92. The molecule has 6 heteroatoms. The summed E-state index contributed by atoms with van der Waals surface area (Å²) in [6.45, 7) is 3.38. The Kier molecular flexibility index (Phi) is 4.51. The molecule has 116 valence electrons. The Morgan fingerprint density at radius 1 is 1.00 bits per heavy atom. The molecule has 0 aliphatic carbocycles. The fraction of sp³-hybridized carbons (Fsp3) is 0.188. The third-order valence-corrected chi connectivity index (χ3v) is 4.71. The Morgan fingerprint density at radius 3 is 2.05 bits per heavy atom. The van der Waals surface area contributed by atoms with Gasteiger partial charge in [0.15, 0.2) is 0 Å². The van der Waals surface area contributed by atoms with Gasteiger partial charge in [-0.2, -0.15) is 0 Å². The van der Waals surface area contributed by atoms with Crippen molar-refractivity contribution in [1.29, 1.82) is 0 Å². The van der Waals surface area contributed by atoms with E-state index in [0.717, 1.165) is 5.56 Å². The molecule has 5 nitrogen and oxygen atoms in total. The topological polar surface area (TPSA) is 66.5 Å². The lowest BCUT2D eigenvalue weighted by molar-refractivity contribution is -0.116. The van der Waals surface area contributed by atoms with E-state index in [-0.39, 0.29) is 10.8 Å². The summed E-state index contributed by atoms with van der Waals surface area (Å²) in [5.41, 5.74) is 2.21. The van der Waals surface area contributed by atoms with Crippen molar-refractivity contribution in [3.05, 3.63) is 54.1 Å². The van der Waals surface area contributed by atoms with Gasteiger partial charge in [-0.05, 0) is 43.3 Å². The SMILES string of the molecule is CC(=O)N(C)c1ccc(S(=O)(=O)Nc2ccc(C)cc2)cc1. The summed E-state index contributed by atoms with van der Waals surface area (Å²) in [6.07, 6.45) is 0. The van der Waals surface area contributed by atoms with Gasteiger partial charge < -0.3 is 4.90 Å². The summed E-state index contributed by atoms with van der Waals surface area (Å²) in [4.78, 5) is 12.9. The fourth-order valence-electron chi connectivity index (χ4n) is 1.87. The molecule has 0 saturated heterocycles. The molecular weight excluding hydrogens is 300 g/mol. The van der Waals surface area contributed by atoms with Gasteiger partial charge in [-0.15, -0.1) is 0 Å². The molecule has 0 fully saturated rings. The molecule has 2 aromatic carbocycles. The van der Waals surface area contributed by atoms with Gasteiger partial charge >= 0.3 is 0 Å². The van der Waals surface area contributed by atoms with Gasteiger partial charge in [-0.25, -0.2) is 8.42 Å². The number of hydrogen-bond donors (Lipinski definition) is 1. The van der Waals surface area contributed by atoms with Crippen LogP contribution in [0.2, 0.25) is 0 Å². The number of carbonyl (C=O) groups excluding carboxylic acids is 1. The largest absolute Gasteiger partial charge is 0.316 e. The predicted octanol–water partition coefficient (Wildman–Crippen LogP) is 2.78. The number of anilines is 2. The predicted molar refractivity (Wildman–Crippen MR) is 87.5 cm³/mol.